The molecule has 0 radical (unpaired) electrons. The third-order valence-electron chi connectivity index (χ3n) is 6.19. The summed E-state index contributed by atoms with van der Waals surface area (Å²) >= 11 is 6.36. The summed E-state index contributed by atoms with van der Waals surface area (Å²) in [5.41, 5.74) is 4.60. The van der Waals surface area contributed by atoms with Gasteiger partial charge in [-0.25, -0.2) is 8.42 Å². The Balaban J connectivity index is 2.17. The molecule has 0 aliphatic rings. The van der Waals surface area contributed by atoms with Crippen LogP contribution in [0.5, 0.6) is 0 Å². The van der Waals surface area contributed by atoms with Gasteiger partial charge in [0.25, 0.3) is 10.0 Å². The maximum absolute atomic E-state index is 14.0. The molecule has 0 aliphatic heterocycles. The van der Waals surface area contributed by atoms with Crippen LogP contribution in [0.3, 0.4) is 0 Å². The molecular weight excluding hydrogens is 464 g/mol. The number of rotatable bonds is 12. The second-order valence-corrected chi connectivity index (χ2v) is 11.3. The zero-order chi connectivity index (χ0) is 24.7. The second-order valence-electron chi connectivity index (χ2n) is 9.00. The van der Waals surface area contributed by atoms with Crippen LogP contribution in [-0.2, 0) is 10.0 Å². The lowest BCUT2D eigenvalue weighted by atomic mass is 10.0. The quantitative estimate of drug-likeness (QED) is 0.254. The van der Waals surface area contributed by atoms with Crippen LogP contribution in [0.4, 0.5) is 0 Å². The van der Waals surface area contributed by atoms with Crippen LogP contribution in [-0.4, -0.2) is 24.3 Å². The molecule has 0 saturated heterocycles. The zero-order valence-corrected chi connectivity index (χ0v) is 22.4. The summed E-state index contributed by atoms with van der Waals surface area (Å²) in [6.45, 7) is 8.68. The highest BCUT2D eigenvalue weighted by molar-refractivity contribution is 7.89. The van der Waals surface area contributed by atoms with Gasteiger partial charge < -0.3 is 4.98 Å². The van der Waals surface area contributed by atoms with E-state index in [1.54, 1.807) is 16.4 Å². The van der Waals surface area contributed by atoms with Gasteiger partial charge in [-0.2, -0.15) is 0 Å². The fourth-order valence-corrected chi connectivity index (χ4v) is 5.98. The lowest BCUT2D eigenvalue weighted by Crippen LogP contribution is -2.31. The Morgan fingerprint density at radius 2 is 1.68 bits per heavy atom. The Bertz CT molecular complexity index is 1230. The van der Waals surface area contributed by atoms with E-state index in [0.29, 0.717) is 16.5 Å². The van der Waals surface area contributed by atoms with Crippen molar-refractivity contribution in [3.63, 3.8) is 0 Å². The highest BCUT2D eigenvalue weighted by Gasteiger charge is 2.29. The van der Waals surface area contributed by atoms with Crippen molar-refractivity contribution in [1.82, 2.24) is 9.29 Å². The maximum Gasteiger partial charge on any atom is 0.264 e. The standard InChI is InChI=1S/C28H37ClN2O2S/c1-5-7-9-10-11-12-27(28-22(4)30-26-18-15-23(29)20-25(26)28)31(19-8-6-2)34(32,33)24-16-13-21(3)14-17-24/h12-18,20,30H,5-11,19H2,1-4H3/b27-12-. The number of allylic oxidation sites excluding steroid dienone is 1. The van der Waals surface area contributed by atoms with E-state index in [1.807, 2.05) is 44.2 Å². The Morgan fingerprint density at radius 1 is 0.971 bits per heavy atom. The molecule has 0 aliphatic carbocycles. The van der Waals surface area contributed by atoms with Crippen molar-refractivity contribution in [2.24, 2.45) is 0 Å². The van der Waals surface area contributed by atoms with Gasteiger partial charge in [-0.3, -0.25) is 4.31 Å². The Morgan fingerprint density at radius 3 is 2.35 bits per heavy atom. The van der Waals surface area contributed by atoms with Gasteiger partial charge in [0, 0.05) is 33.7 Å². The number of H-pyrrole nitrogens is 1. The number of nitrogens with one attached hydrogen (secondary N) is 1. The molecule has 0 amide bonds. The van der Waals surface area contributed by atoms with Crippen LogP contribution in [0, 0.1) is 13.8 Å². The Kier molecular flexibility index (Phi) is 9.26. The molecule has 0 spiro atoms. The Labute approximate surface area is 210 Å². The van der Waals surface area contributed by atoms with Gasteiger partial charge >= 0.3 is 0 Å². The summed E-state index contributed by atoms with van der Waals surface area (Å²) in [7, 11) is -3.74. The third kappa shape index (κ3) is 6.05. The van der Waals surface area contributed by atoms with E-state index in [1.165, 1.54) is 12.8 Å². The molecule has 3 aromatic rings. The number of sulfonamides is 1. The molecular formula is C28H37ClN2O2S. The summed E-state index contributed by atoms with van der Waals surface area (Å²) in [5.74, 6) is 0. The molecule has 184 valence electrons. The summed E-state index contributed by atoms with van der Waals surface area (Å²) in [4.78, 5) is 3.76. The molecule has 1 aromatic heterocycles. The van der Waals surface area contributed by atoms with Crippen LogP contribution < -0.4 is 0 Å². The minimum atomic E-state index is -3.74. The lowest BCUT2D eigenvalue weighted by molar-refractivity contribution is 0.497. The van der Waals surface area contributed by atoms with Gasteiger partial charge in [0.15, 0.2) is 0 Å². The number of nitrogens with zero attached hydrogens (tertiary/aromatic N) is 1. The largest absolute Gasteiger partial charge is 0.358 e. The second kappa shape index (κ2) is 11.9. The van der Waals surface area contributed by atoms with E-state index in [-0.39, 0.29) is 0 Å². The monoisotopic (exact) mass is 500 g/mol. The fraction of sp³-hybridized carbons (Fsp3) is 0.429. The summed E-state index contributed by atoms with van der Waals surface area (Å²) in [5, 5.41) is 1.59. The lowest BCUT2D eigenvalue weighted by Gasteiger charge is -2.28. The zero-order valence-electron chi connectivity index (χ0n) is 20.8. The van der Waals surface area contributed by atoms with Crippen molar-refractivity contribution >= 4 is 38.2 Å². The van der Waals surface area contributed by atoms with Gasteiger partial charge in [0.2, 0.25) is 0 Å². The van der Waals surface area contributed by atoms with Gasteiger partial charge in [-0.05, 0) is 63.4 Å². The molecule has 0 fully saturated rings. The summed E-state index contributed by atoms with van der Waals surface area (Å²) < 4.78 is 29.6. The van der Waals surface area contributed by atoms with Crippen molar-refractivity contribution in [2.45, 2.75) is 77.5 Å². The van der Waals surface area contributed by atoms with E-state index in [4.69, 9.17) is 11.6 Å². The van der Waals surface area contributed by atoms with Crippen LogP contribution in [0.1, 0.15) is 75.6 Å². The molecule has 0 bridgehead atoms. The van der Waals surface area contributed by atoms with Gasteiger partial charge in [0.05, 0.1) is 10.6 Å². The number of benzene rings is 2. The molecule has 4 nitrogen and oxygen atoms in total. The SMILES string of the molecule is CCCCCC/C=C(/c1c(C)[nH]c2ccc(Cl)cc12)N(CCCC)S(=O)(=O)c1ccc(C)cc1. The number of hydrogen-bond acceptors (Lipinski definition) is 2. The first-order valence-corrected chi connectivity index (χ1v) is 14.2. The first kappa shape index (κ1) is 26.4. The number of halogens is 1. The van der Waals surface area contributed by atoms with Crippen LogP contribution in [0.15, 0.2) is 53.4 Å². The van der Waals surface area contributed by atoms with Crippen molar-refractivity contribution in [1.29, 1.82) is 0 Å². The predicted molar refractivity (Wildman–Crippen MR) is 145 cm³/mol. The highest BCUT2D eigenvalue weighted by Crippen LogP contribution is 2.36. The minimum Gasteiger partial charge on any atom is -0.358 e. The molecule has 1 N–H and O–H groups in total. The number of aromatic nitrogens is 1. The predicted octanol–water partition coefficient (Wildman–Crippen LogP) is 8.24. The fourth-order valence-electron chi connectivity index (χ4n) is 4.28. The number of fused-ring (bicyclic) bond motifs is 1. The van der Waals surface area contributed by atoms with E-state index in [2.05, 4.69) is 24.9 Å². The normalized spacial score (nSPS) is 12.4. The molecule has 0 saturated carbocycles. The van der Waals surface area contributed by atoms with Crippen molar-refractivity contribution < 1.29 is 8.42 Å². The van der Waals surface area contributed by atoms with Crippen LogP contribution in [0.25, 0.3) is 16.6 Å². The first-order valence-electron chi connectivity index (χ1n) is 12.4. The minimum absolute atomic E-state index is 0.321. The van der Waals surface area contributed by atoms with Crippen molar-refractivity contribution in [2.75, 3.05) is 6.54 Å². The van der Waals surface area contributed by atoms with Crippen molar-refractivity contribution in [3.05, 3.63) is 70.4 Å². The summed E-state index contributed by atoms with van der Waals surface area (Å²) in [6.07, 6.45) is 9.15. The van der Waals surface area contributed by atoms with Crippen LogP contribution in [0.2, 0.25) is 5.02 Å². The molecule has 6 heteroatoms. The van der Waals surface area contributed by atoms with Crippen LogP contribution >= 0.6 is 11.6 Å². The smallest absolute Gasteiger partial charge is 0.264 e. The molecule has 3 rings (SSSR count). The van der Waals surface area contributed by atoms with Gasteiger partial charge in [0.1, 0.15) is 0 Å². The molecule has 0 atom stereocenters. The molecule has 34 heavy (non-hydrogen) atoms. The van der Waals surface area contributed by atoms with E-state index >= 15 is 0 Å². The number of aromatic amines is 1. The van der Waals surface area contributed by atoms with E-state index < -0.39 is 10.0 Å². The van der Waals surface area contributed by atoms with Gasteiger partial charge in [-0.1, -0.05) is 74.9 Å². The van der Waals surface area contributed by atoms with Gasteiger partial charge in [-0.15, -0.1) is 0 Å². The average Bonchev–Trinajstić information content (AvgIpc) is 3.12. The Hall–Kier alpha value is -2.24. The average molecular weight is 501 g/mol. The molecule has 2 aromatic carbocycles. The van der Waals surface area contributed by atoms with Crippen molar-refractivity contribution in [3.8, 4) is 0 Å². The highest BCUT2D eigenvalue weighted by atomic mass is 35.5. The van der Waals surface area contributed by atoms with E-state index in [9.17, 15) is 8.42 Å². The molecule has 1 heterocycles. The number of hydrogen-bond donors (Lipinski definition) is 1. The van der Waals surface area contributed by atoms with E-state index in [0.717, 1.165) is 65.5 Å². The molecule has 0 unspecified atom stereocenters. The maximum atomic E-state index is 14.0. The summed E-state index contributed by atoms with van der Waals surface area (Å²) in [6, 6.07) is 12.9. The number of unbranched alkanes of at least 4 members (excludes halogenated alkanes) is 5. The third-order valence-corrected chi connectivity index (χ3v) is 8.25. The topological polar surface area (TPSA) is 53.2 Å². The first-order chi connectivity index (χ1) is 16.3. The number of aryl methyl sites for hydroxylation is 2.